The smallest absolute Gasteiger partial charge is 0 e. The molecule has 0 nitrogen and oxygen atoms in total. The fourth-order valence-electron chi connectivity index (χ4n) is 0. The van der Waals surface area contributed by atoms with Gasteiger partial charge in [-0.15, -0.1) is 0 Å². The summed E-state index contributed by atoms with van der Waals surface area (Å²) >= 11 is 0. The van der Waals surface area contributed by atoms with E-state index in [0.717, 1.165) is 0 Å². The van der Waals surface area contributed by atoms with Crippen molar-refractivity contribution in [1.82, 2.24) is 0 Å². The van der Waals surface area contributed by atoms with Crippen molar-refractivity contribution >= 4 is 0 Å². The van der Waals surface area contributed by atoms with Crippen LogP contribution in [-0.2, 0) is 19.5 Å². The van der Waals surface area contributed by atoms with Crippen LogP contribution in [0.4, 0.5) is 0 Å². The summed E-state index contributed by atoms with van der Waals surface area (Å²) in [7, 11) is 0. The molecule has 0 amide bonds. The molecule has 0 aliphatic heterocycles. The Hall–Kier alpha value is 0.623. The summed E-state index contributed by atoms with van der Waals surface area (Å²) in [6.45, 7) is 0. The van der Waals surface area contributed by atoms with Crippen LogP contribution < -0.4 is 0 Å². The number of hydrogen-bond acceptors (Lipinski definition) is 0. The van der Waals surface area contributed by atoms with Crippen LogP contribution in [0.2, 0.25) is 0 Å². The third-order valence-electron chi connectivity index (χ3n) is 0.354. The molecular formula is C3H6Ru. The normalized spacial score (nSPS) is 18.0. The molecule has 1 aliphatic carbocycles. The van der Waals surface area contributed by atoms with E-state index in [1.165, 1.54) is 19.3 Å². The van der Waals surface area contributed by atoms with Crippen molar-refractivity contribution in [2.75, 3.05) is 0 Å². The van der Waals surface area contributed by atoms with Gasteiger partial charge in [-0.2, -0.15) is 0 Å². The first-order chi connectivity index (χ1) is 1.50. The van der Waals surface area contributed by atoms with Crippen LogP contribution in [0.3, 0.4) is 0 Å². The van der Waals surface area contributed by atoms with E-state index in [9.17, 15) is 0 Å². The summed E-state index contributed by atoms with van der Waals surface area (Å²) in [6, 6.07) is 0. The molecule has 1 saturated carbocycles. The van der Waals surface area contributed by atoms with E-state index in [4.69, 9.17) is 0 Å². The van der Waals surface area contributed by atoms with Crippen LogP contribution in [0.25, 0.3) is 0 Å². The third-order valence-corrected chi connectivity index (χ3v) is 0.354. The average Bonchev–Trinajstić information content (AvgIpc) is 1.46. The van der Waals surface area contributed by atoms with Crippen molar-refractivity contribution < 1.29 is 19.5 Å². The first-order valence-corrected chi connectivity index (χ1v) is 1.50. The van der Waals surface area contributed by atoms with Crippen molar-refractivity contribution in [3.63, 3.8) is 0 Å². The second kappa shape index (κ2) is 1.90. The molecule has 0 unspecified atom stereocenters. The molecule has 0 spiro atoms. The van der Waals surface area contributed by atoms with Crippen LogP contribution in [0.15, 0.2) is 0 Å². The second-order valence-electron chi connectivity index (χ2n) is 1.06. The quantitative estimate of drug-likeness (QED) is 0.446. The minimum absolute atomic E-state index is 0. The maximum absolute atomic E-state index is 1.50. The topological polar surface area (TPSA) is 0 Å². The monoisotopic (exact) mass is 144 g/mol. The molecule has 0 N–H and O–H groups in total. The SMILES string of the molecule is C1CC1.[Ru]. The van der Waals surface area contributed by atoms with Crippen molar-refractivity contribution in [3.8, 4) is 0 Å². The van der Waals surface area contributed by atoms with Crippen LogP contribution in [0, 0.1) is 0 Å². The van der Waals surface area contributed by atoms with Gasteiger partial charge in [0.15, 0.2) is 0 Å². The fourth-order valence-corrected chi connectivity index (χ4v) is 0. The summed E-state index contributed by atoms with van der Waals surface area (Å²) in [6.07, 6.45) is 4.50. The van der Waals surface area contributed by atoms with Gasteiger partial charge in [0.05, 0.1) is 0 Å². The summed E-state index contributed by atoms with van der Waals surface area (Å²) in [4.78, 5) is 0. The maximum atomic E-state index is 1.50. The predicted molar refractivity (Wildman–Crippen MR) is 13.9 cm³/mol. The summed E-state index contributed by atoms with van der Waals surface area (Å²) < 4.78 is 0. The van der Waals surface area contributed by atoms with Crippen LogP contribution >= 0.6 is 0 Å². The maximum Gasteiger partial charge on any atom is 0 e. The van der Waals surface area contributed by atoms with Gasteiger partial charge >= 0.3 is 0 Å². The van der Waals surface area contributed by atoms with Crippen molar-refractivity contribution in [2.24, 2.45) is 0 Å². The third kappa shape index (κ3) is 2.62. The molecule has 0 aromatic carbocycles. The van der Waals surface area contributed by atoms with Gasteiger partial charge in [0, 0.05) is 19.5 Å². The van der Waals surface area contributed by atoms with Gasteiger partial charge < -0.3 is 0 Å². The molecule has 0 bridgehead atoms. The first-order valence-electron chi connectivity index (χ1n) is 1.50. The Morgan fingerprint density at radius 2 is 1.00 bits per heavy atom. The van der Waals surface area contributed by atoms with E-state index in [2.05, 4.69) is 0 Å². The van der Waals surface area contributed by atoms with E-state index >= 15 is 0 Å². The molecule has 0 aromatic rings. The Bertz CT molecular complexity index is 8.00. The van der Waals surface area contributed by atoms with E-state index in [1.807, 2.05) is 0 Å². The van der Waals surface area contributed by atoms with Gasteiger partial charge in [-0.25, -0.2) is 0 Å². The Kier molecular flexibility index (Phi) is 2.20. The average molecular weight is 143 g/mol. The van der Waals surface area contributed by atoms with Crippen LogP contribution in [0.5, 0.6) is 0 Å². The molecule has 0 heterocycles. The minimum Gasteiger partial charge on any atom is -0.0533 e. The molecule has 0 saturated heterocycles. The van der Waals surface area contributed by atoms with Crippen molar-refractivity contribution in [3.05, 3.63) is 0 Å². The zero-order chi connectivity index (χ0) is 2.12. The molecule has 26 valence electrons. The molecule has 1 rings (SSSR count). The van der Waals surface area contributed by atoms with Crippen LogP contribution in [0.1, 0.15) is 19.3 Å². The van der Waals surface area contributed by atoms with E-state index in [0.29, 0.717) is 0 Å². The predicted octanol–water partition coefficient (Wildman–Crippen LogP) is 1.17. The Morgan fingerprint density at radius 3 is 1.00 bits per heavy atom. The van der Waals surface area contributed by atoms with E-state index in [1.54, 1.807) is 0 Å². The van der Waals surface area contributed by atoms with E-state index < -0.39 is 0 Å². The summed E-state index contributed by atoms with van der Waals surface area (Å²) in [5, 5.41) is 0. The van der Waals surface area contributed by atoms with Gasteiger partial charge in [0.25, 0.3) is 0 Å². The molecule has 1 heteroatoms. The standard InChI is InChI=1S/C3H6.Ru/c1-2-3-1;/h1-3H2;. The molecule has 0 radical (unpaired) electrons. The van der Waals surface area contributed by atoms with Gasteiger partial charge in [-0.3, -0.25) is 0 Å². The number of hydrogen-bond donors (Lipinski definition) is 0. The van der Waals surface area contributed by atoms with Crippen LogP contribution in [-0.4, -0.2) is 0 Å². The molecule has 1 aliphatic rings. The van der Waals surface area contributed by atoms with Crippen molar-refractivity contribution in [1.29, 1.82) is 0 Å². The van der Waals surface area contributed by atoms with Gasteiger partial charge in [-0.05, 0) is 0 Å². The molecule has 4 heavy (non-hydrogen) atoms. The van der Waals surface area contributed by atoms with Gasteiger partial charge in [-0.1, -0.05) is 19.3 Å². The van der Waals surface area contributed by atoms with Gasteiger partial charge in [0.1, 0.15) is 0 Å². The molecule has 1 fully saturated rings. The first kappa shape index (κ1) is 4.62. The summed E-state index contributed by atoms with van der Waals surface area (Å²) in [5.74, 6) is 0. The Balaban J connectivity index is 0.0000000900. The minimum atomic E-state index is 0. The molecular weight excluding hydrogens is 137 g/mol. The zero-order valence-electron chi connectivity index (χ0n) is 2.47. The molecule has 0 aromatic heterocycles. The largest absolute Gasteiger partial charge is 0.0533 e. The molecule has 0 atom stereocenters. The van der Waals surface area contributed by atoms with Crippen molar-refractivity contribution in [2.45, 2.75) is 19.3 Å². The van der Waals surface area contributed by atoms with E-state index in [-0.39, 0.29) is 19.5 Å². The van der Waals surface area contributed by atoms with Gasteiger partial charge in [0.2, 0.25) is 0 Å². The zero-order valence-corrected chi connectivity index (χ0v) is 4.21. The second-order valence-corrected chi connectivity index (χ2v) is 1.06. The fraction of sp³-hybridized carbons (Fsp3) is 1.00. The Morgan fingerprint density at radius 1 is 0.750 bits per heavy atom. The number of rotatable bonds is 0. The summed E-state index contributed by atoms with van der Waals surface area (Å²) in [5.41, 5.74) is 0. The Labute approximate surface area is 39.3 Å².